The lowest BCUT2D eigenvalue weighted by Crippen LogP contribution is -2.37. The molecule has 0 saturated heterocycles. The van der Waals surface area contributed by atoms with Crippen molar-refractivity contribution >= 4 is 0 Å². The van der Waals surface area contributed by atoms with E-state index in [1.54, 1.807) is 11.1 Å². The number of aryl methyl sites for hydroxylation is 2. The lowest BCUT2D eigenvalue weighted by molar-refractivity contribution is 0.304. The first kappa shape index (κ1) is 9.41. The van der Waals surface area contributed by atoms with Crippen LogP contribution in [0.1, 0.15) is 48.4 Å². The van der Waals surface area contributed by atoms with Crippen LogP contribution >= 0.6 is 0 Å². The number of hydrogen-bond donors (Lipinski definition) is 1. The van der Waals surface area contributed by atoms with Crippen molar-refractivity contribution in [3.63, 3.8) is 0 Å². The molecule has 0 radical (unpaired) electrons. The van der Waals surface area contributed by atoms with Crippen molar-refractivity contribution < 1.29 is 0 Å². The molecule has 1 unspecified atom stereocenters. The Morgan fingerprint density at radius 2 is 2.07 bits per heavy atom. The molecule has 1 nitrogen and oxygen atoms in total. The Bertz CT molecular complexity index is 366. The van der Waals surface area contributed by atoms with Gasteiger partial charge >= 0.3 is 0 Å². The van der Waals surface area contributed by atoms with Crippen molar-refractivity contribution in [3.05, 3.63) is 34.9 Å². The third-order valence-corrected chi connectivity index (χ3v) is 3.92. The van der Waals surface area contributed by atoms with Crippen molar-refractivity contribution in [2.24, 2.45) is 0 Å². The number of benzene rings is 1. The highest BCUT2D eigenvalue weighted by atomic mass is 15.0. The fourth-order valence-corrected chi connectivity index (χ4v) is 2.75. The van der Waals surface area contributed by atoms with E-state index in [4.69, 9.17) is 0 Å². The van der Waals surface area contributed by atoms with E-state index in [1.165, 1.54) is 37.7 Å². The largest absolute Gasteiger partial charge is 0.307 e. The Morgan fingerprint density at radius 3 is 2.80 bits per heavy atom. The molecule has 1 saturated carbocycles. The number of fused-ring (bicyclic) bond motifs is 1. The van der Waals surface area contributed by atoms with Crippen LogP contribution in [-0.2, 0) is 6.42 Å². The van der Waals surface area contributed by atoms with E-state index in [9.17, 15) is 0 Å². The molecule has 1 N–H and O–H groups in total. The summed E-state index contributed by atoms with van der Waals surface area (Å²) < 4.78 is 0. The van der Waals surface area contributed by atoms with Gasteiger partial charge in [0.05, 0.1) is 0 Å². The predicted octanol–water partition coefficient (Wildman–Crippen LogP) is 3.12. The van der Waals surface area contributed by atoms with Crippen molar-refractivity contribution in [3.8, 4) is 0 Å². The van der Waals surface area contributed by atoms with Gasteiger partial charge < -0.3 is 5.32 Å². The summed E-state index contributed by atoms with van der Waals surface area (Å²) in [5, 5.41) is 3.80. The molecular formula is C14H19N. The standard InChI is InChI=1S/C14H19N/c1-10-5-6-11-7-8-14(13(11)9-10)15-12-3-2-4-12/h5-6,9,12,14-15H,2-4,7-8H2,1H3. The lowest BCUT2D eigenvalue weighted by atomic mass is 9.91. The summed E-state index contributed by atoms with van der Waals surface area (Å²) >= 11 is 0. The smallest absolute Gasteiger partial charge is 0.0328 e. The SMILES string of the molecule is Cc1ccc2c(c1)C(NC1CCC1)CC2. The number of rotatable bonds is 2. The zero-order chi connectivity index (χ0) is 10.3. The van der Waals surface area contributed by atoms with Gasteiger partial charge in [-0.05, 0) is 43.7 Å². The average molecular weight is 201 g/mol. The van der Waals surface area contributed by atoms with E-state index in [-0.39, 0.29) is 0 Å². The average Bonchev–Trinajstić information content (AvgIpc) is 2.54. The van der Waals surface area contributed by atoms with Crippen molar-refractivity contribution in [1.29, 1.82) is 0 Å². The van der Waals surface area contributed by atoms with Crippen LogP contribution in [0, 0.1) is 6.92 Å². The Kier molecular flexibility index (Phi) is 2.28. The Hall–Kier alpha value is -0.820. The van der Waals surface area contributed by atoms with Crippen LogP contribution in [-0.4, -0.2) is 6.04 Å². The van der Waals surface area contributed by atoms with E-state index in [2.05, 4.69) is 30.4 Å². The van der Waals surface area contributed by atoms with Crippen molar-refractivity contribution in [2.75, 3.05) is 0 Å². The van der Waals surface area contributed by atoms with Crippen LogP contribution in [0.5, 0.6) is 0 Å². The van der Waals surface area contributed by atoms with Crippen LogP contribution in [0.4, 0.5) is 0 Å². The summed E-state index contributed by atoms with van der Waals surface area (Å²) in [6.45, 7) is 2.19. The zero-order valence-corrected chi connectivity index (χ0v) is 9.42. The zero-order valence-electron chi connectivity index (χ0n) is 9.42. The monoisotopic (exact) mass is 201 g/mol. The van der Waals surface area contributed by atoms with Crippen LogP contribution in [0.25, 0.3) is 0 Å². The summed E-state index contributed by atoms with van der Waals surface area (Å²) in [6.07, 6.45) is 6.76. The maximum Gasteiger partial charge on any atom is 0.0328 e. The molecule has 1 aromatic carbocycles. The second-order valence-corrected chi connectivity index (χ2v) is 5.09. The molecule has 2 aliphatic rings. The van der Waals surface area contributed by atoms with Crippen molar-refractivity contribution in [2.45, 2.75) is 51.1 Å². The summed E-state index contributed by atoms with van der Waals surface area (Å²) in [5.74, 6) is 0. The van der Waals surface area contributed by atoms with Gasteiger partial charge in [-0.3, -0.25) is 0 Å². The Balaban J connectivity index is 1.80. The van der Waals surface area contributed by atoms with Gasteiger partial charge in [-0.1, -0.05) is 30.2 Å². The highest BCUT2D eigenvalue weighted by Gasteiger charge is 2.26. The summed E-state index contributed by atoms with van der Waals surface area (Å²) in [5.41, 5.74) is 4.54. The van der Waals surface area contributed by atoms with Gasteiger partial charge in [0, 0.05) is 12.1 Å². The van der Waals surface area contributed by atoms with E-state index in [0.29, 0.717) is 6.04 Å². The third-order valence-electron chi connectivity index (χ3n) is 3.92. The second kappa shape index (κ2) is 3.64. The Labute approximate surface area is 91.9 Å². The normalized spacial score (nSPS) is 25.0. The van der Waals surface area contributed by atoms with Gasteiger partial charge in [-0.25, -0.2) is 0 Å². The van der Waals surface area contributed by atoms with E-state index < -0.39 is 0 Å². The maximum atomic E-state index is 3.80. The molecule has 15 heavy (non-hydrogen) atoms. The van der Waals surface area contributed by atoms with E-state index in [0.717, 1.165) is 6.04 Å². The second-order valence-electron chi connectivity index (χ2n) is 5.09. The summed E-state index contributed by atoms with van der Waals surface area (Å²) in [7, 11) is 0. The highest BCUT2D eigenvalue weighted by Crippen LogP contribution is 2.34. The molecule has 0 aliphatic heterocycles. The molecule has 0 spiro atoms. The molecule has 1 atom stereocenters. The molecule has 1 fully saturated rings. The minimum absolute atomic E-state index is 0.644. The Morgan fingerprint density at radius 1 is 1.20 bits per heavy atom. The molecule has 1 heteroatoms. The molecule has 0 bridgehead atoms. The first-order valence-electron chi connectivity index (χ1n) is 6.18. The molecule has 0 amide bonds. The highest BCUT2D eigenvalue weighted by molar-refractivity contribution is 5.37. The number of hydrogen-bond acceptors (Lipinski definition) is 1. The molecular weight excluding hydrogens is 182 g/mol. The first-order valence-corrected chi connectivity index (χ1v) is 6.18. The van der Waals surface area contributed by atoms with Gasteiger partial charge in [0.1, 0.15) is 0 Å². The molecule has 0 aromatic heterocycles. The molecule has 2 aliphatic carbocycles. The summed E-state index contributed by atoms with van der Waals surface area (Å²) in [4.78, 5) is 0. The fraction of sp³-hybridized carbons (Fsp3) is 0.571. The minimum atomic E-state index is 0.644. The maximum absolute atomic E-state index is 3.80. The number of nitrogens with one attached hydrogen (secondary N) is 1. The van der Waals surface area contributed by atoms with Crippen molar-refractivity contribution in [1.82, 2.24) is 5.32 Å². The molecule has 1 aromatic rings. The topological polar surface area (TPSA) is 12.0 Å². The van der Waals surface area contributed by atoms with Gasteiger partial charge in [-0.15, -0.1) is 0 Å². The van der Waals surface area contributed by atoms with Crippen LogP contribution in [0.15, 0.2) is 18.2 Å². The first-order chi connectivity index (χ1) is 7.33. The molecule has 80 valence electrons. The van der Waals surface area contributed by atoms with Crippen LogP contribution < -0.4 is 5.32 Å². The quantitative estimate of drug-likeness (QED) is 0.775. The summed E-state index contributed by atoms with van der Waals surface area (Å²) in [6, 6.07) is 8.38. The van der Waals surface area contributed by atoms with Gasteiger partial charge in [-0.2, -0.15) is 0 Å². The predicted molar refractivity (Wildman–Crippen MR) is 63.0 cm³/mol. The molecule has 0 heterocycles. The van der Waals surface area contributed by atoms with Gasteiger partial charge in [0.2, 0.25) is 0 Å². The molecule has 3 rings (SSSR count). The van der Waals surface area contributed by atoms with E-state index >= 15 is 0 Å². The van der Waals surface area contributed by atoms with Crippen LogP contribution in [0.2, 0.25) is 0 Å². The van der Waals surface area contributed by atoms with Gasteiger partial charge in [0.15, 0.2) is 0 Å². The third kappa shape index (κ3) is 1.69. The minimum Gasteiger partial charge on any atom is -0.307 e. The van der Waals surface area contributed by atoms with Crippen LogP contribution in [0.3, 0.4) is 0 Å². The van der Waals surface area contributed by atoms with E-state index in [1.807, 2.05) is 0 Å². The van der Waals surface area contributed by atoms with Gasteiger partial charge in [0.25, 0.3) is 0 Å². The fourth-order valence-electron chi connectivity index (χ4n) is 2.75. The lowest BCUT2D eigenvalue weighted by Gasteiger charge is -2.30.